The molecule has 0 aliphatic heterocycles. The van der Waals surface area contributed by atoms with E-state index in [1.165, 1.54) is 11.3 Å². The van der Waals surface area contributed by atoms with Crippen LogP contribution in [0.5, 0.6) is 0 Å². The van der Waals surface area contributed by atoms with Crippen LogP contribution in [0.2, 0.25) is 5.15 Å². The van der Waals surface area contributed by atoms with Crippen molar-refractivity contribution in [1.29, 1.82) is 0 Å². The van der Waals surface area contributed by atoms with Gasteiger partial charge in [-0.1, -0.05) is 34.7 Å². The first-order valence-corrected chi connectivity index (χ1v) is 7.18. The molecule has 2 aromatic heterocycles. The minimum absolute atomic E-state index is 0.520. The maximum Gasteiger partial charge on any atom is 0.181 e. The molecule has 3 aromatic rings. The Kier molecular flexibility index (Phi) is 3.11. The van der Waals surface area contributed by atoms with E-state index in [-0.39, 0.29) is 0 Å². The van der Waals surface area contributed by atoms with E-state index < -0.39 is 0 Å². The number of hydrogen-bond acceptors (Lipinski definition) is 5. The number of hydrogen-bond donors (Lipinski definition) is 1. The summed E-state index contributed by atoms with van der Waals surface area (Å²) in [6, 6.07) is 9.87. The molecule has 0 spiro atoms. The van der Waals surface area contributed by atoms with Crippen molar-refractivity contribution in [2.75, 3.05) is 5.73 Å². The summed E-state index contributed by atoms with van der Waals surface area (Å²) < 4.78 is 1.08. The molecule has 2 N–H and O–H groups in total. The molecule has 18 heavy (non-hydrogen) atoms. The highest BCUT2D eigenvalue weighted by Gasteiger charge is 2.06. The Labute approximate surface area is 117 Å². The maximum absolute atomic E-state index is 6.03. The molecule has 0 amide bonds. The number of halogens is 1. The molecule has 3 rings (SSSR count). The fourth-order valence-corrected chi connectivity index (χ4v) is 3.49. The van der Waals surface area contributed by atoms with Crippen LogP contribution in [0.3, 0.4) is 0 Å². The van der Waals surface area contributed by atoms with Crippen molar-refractivity contribution in [3.8, 4) is 0 Å². The Balaban J connectivity index is 1.97. The second-order valence-corrected chi connectivity index (χ2v) is 6.11. The van der Waals surface area contributed by atoms with Crippen molar-refractivity contribution in [3.63, 3.8) is 0 Å². The summed E-state index contributed by atoms with van der Waals surface area (Å²) in [5.74, 6) is 0. The average molecular weight is 294 g/mol. The van der Waals surface area contributed by atoms with Crippen LogP contribution < -0.4 is 5.73 Å². The predicted molar refractivity (Wildman–Crippen MR) is 77.4 cm³/mol. The number of benzene rings is 1. The Bertz CT molecular complexity index is 711. The molecular formula is C12H8ClN3S2. The van der Waals surface area contributed by atoms with Gasteiger partial charge in [0.25, 0.3) is 0 Å². The zero-order valence-electron chi connectivity index (χ0n) is 9.13. The van der Waals surface area contributed by atoms with E-state index in [0.717, 1.165) is 20.0 Å². The fraction of sp³-hybridized carbons (Fsp3) is 0. The van der Waals surface area contributed by atoms with Gasteiger partial charge in [0.15, 0.2) is 5.13 Å². The van der Waals surface area contributed by atoms with E-state index in [2.05, 4.69) is 16.0 Å². The lowest BCUT2D eigenvalue weighted by Gasteiger charge is -2.02. The van der Waals surface area contributed by atoms with Gasteiger partial charge in [0.05, 0.1) is 10.2 Å². The number of nitrogens with two attached hydrogens (primary N) is 1. The minimum atomic E-state index is 0.520. The topological polar surface area (TPSA) is 51.8 Å². The van der Waals surface area contributed by atoms with E-state index in [4.69, 9.17) is 17.3 Å². The number of nitrogens with zero attached hydrogens (tertiary/aromatic N) is 2. The highest BCUT2D eigenvalue weighted by molar-refractivity contribution is 7.99. The van der Waals surface area contributed by atoms with Gasteiger partial charge in [0, 0.05) is 16.0 Å². The van der Waals surface area contributed by atoms with Crippen LogP contribution in [0.1, 0.15) is 0 Å². The number of anilines is 1. The van der Waals surface area contributed by atoms with Gasteiger partial charge in [-0.15, -0.1) is 0 Å². The molecule has 0 fully saturated rings. The average Bonchev–Trinajstić information content (AvgIpc) is 2.71. The molecule has 3 nitrogen and oxygen atoms in total. The van der Waals surface area contributed by atoms with Crippen LogP contribution in [-0.2, 0) is 0 Å². The lowest BCUT2D eigenvalue weighted by atomic mass is 10.3. The van der Waals surface area contributed by atoms with Crippen molar-refractivity contribution in [1.82, 2.24) is 9.97 Å². The second kappa shape index (κ2) is 4.76. The van der Waals surface area contributed by atoms with E-state index in [1.807, 2.05) is 24.3 Å². The number of nitrogen functional groups attached to an aromatic ring is 1. The van der Waals surface area contributed by atoms with Gasteiger partial charge in [-0.05, 0) is 30.3 Å². The smallest absolute Gasteiger partial charge is 0.181 e. The number of fused-ring (bicyclic) bond motifs is 1. The lowest BCUT2D eigenvalue weighted by Crippen LogP contribution is -1.80. The van der Waals surface area contributed by atoms with E-state index in [1.54, 1.807) is 18.0 Å². The third-order valence-corrected chi connectivity index (χ3v) is 4.63. The standard InChI is InChI=1S/C12H8ClN3S2/c13-11-9(2-1-5-15-11)17-7-3-4-8-10(6-7)18-12(14)16-8/h1-6H,(H2,14,16). The summed E-state index contributed by atoms with van der Waals surface area (Å²) in [6.45, 7) is 0. The van der Waals surface area contributed by atoms with Gasteiger partial charge in [-0.25, -0.2) is 9.97 Å². The van der Waals surface area contributed by atoms with Gasteiger partial charge >= 0.3 is 0 Å². The Morgan fingerprint density at radius 3 is 3.00 bits per heavy atom. The summed E-state index contributed by atoms with van der Waals surface area (Å²) >= 11 is 9.10. The normalized spacial score (nSPS) is 10.9. The van der Waals surface area contributed by atoms with Gasteiger partial charge in [-0.3, -0.25) is 0 Å². The number of rotatable bonds is 2. The van der Waals surface area contributed by atoms with Crippen LogP contribution in [-0.4, -0.2) is 9.97 Å². The Hall–Kier alpha value is -1.30. The Morgan fingerprint density at radius 2 is 2.17 bits per heavy atom. The van der Waals surface area contributed by atoms with Crippen molar-refractivity contribution in [3.05, 3.63) is 41.7 Å². The van der Waals surface area contributed by atoms with Gasteiger partial charge in [0.1, 0.15) is 5.15 Å². The van der Waals surface area contributed by atoms with E-state index in [0.29, 0.717) is 10.3 Å². The van der Waals surface area contributed by atoms with Crippen molar-refractivity contribution in [2.45, 2.75) is 9.79 Å². The zero-order valence-corrected chi connectivity index (χ0v) is 11.5. The zero-order chi connectivity index (χ0) is 12.5. The summed E-state index contributed by atoms with van der Waals surface area (Å²) in [4.78, 5) is 10.3. The Morgan fingerprint density at radius 1 is 1.28 bits per heavy atom. The summed E-state index contributed by atoms with van der Waals surface area (Å²) in [7, 11) is 0. The number of pyridine rings is 1. The first kappa shape index (κ1) is 11.8. The van der Waals surface area contributed by atoms with Gasteiger partial charge in [0.2, 0.25) is 0 Å². The number of aromatic nitrogens is 2. The first-order chi connectivity index (χ1) is 8.72. The molecule has 0 bridgehead atoms. The van der Waals surface area contributed by atoms with Gasteiger partial charge < -0.3 is 5.73 Å². The highest BCUT2D eigenvalue weighted by atomic mass is 35.5. The van der Waals surface area contributed by atoms with Crippen LogP contribution >= 0.6 is 34.7 Å². The van der Waals surface area contributed by atoms with E-state index in [9.17, 15) is 0 Å². The molecule has 0 aliphatic carbocycles. The summed E-state index contributed by atoms with van der Waals surface area (Å²) in [6.07, 6.45) is 1.68. The largest absolute Gasteiger partial charge is 0.375 e. The van der Waals surface area contributed by atoms with Crippen LogP contribution in [0.15, 0.2) is 46.3 Å². The van der Waals surface area contributed by atoms with E-state index >= 15 is 0 Å². The fourth-order valence-electron chi connectivity index (χ4n) is 1.56. The van der Waals surface area contributed by atoms with Gasteiger partial charge in [-0.2, -0.15) is 0 Å². The van der Waals surface area contributed by atoms with Crippen LogP contribution in [0.25, 0.3) is 10.2 Å². The third-order valence-electron chi connectivity index (χ3n) is 2.33. The molecule has 2 heterocycles. The summed E-state index contributed by atoms with van der Waals surface area (Å²) in [5, 5.41) is 1.11. The van der Waals surface area contributed by atoms with Crippen molar-refractivity contribution in [2.24, 2.45) is 0 Å². The number of thiazole rings is 1. The van der Waals surface area contributed by atoms with Crippen LogP contribution in [0.4, 0.5) is 5.13 Å². The molecule has 0 radical (unpaired) electrons. The third kappa shape index (κ3) is 2.29. The monoisotopic (exact) mass is 293 g/mol. The molecule has 0 saturated carbocycles. The highest BCUT2D eigenvalue weighted by Crippen LogP contribution is 2.34. The maximum atomic E-state index is 6.03. The molecule has 90 valence electrons. The SMILES string of the molecule is Nc1nc2ccc(Sc3cccnc3Cl)cc2s1. The first-order valence-electron chi connectivity index (χ1n) is 5.17. The predicted octanol–water partition coefficient (Wildman–Crippen LogP) is 4.08. The van der Waals surface area contributed by atoms with Crippen molar-refractivity contribution >= 4 is 50.0 Å². The molecule has 6 heteroatoms. The molecular weight excluding hydrogens is 286 g/mol. The molecule has 1 aromatic carbocycles. The van der Waals surface area contributed by atoms with Crippen molar-refractivity contribution < 1.29 is 0 Å². The minimum Gasteiger partial charge on any atom is -0.375 e. The molecule has 0 unspecified atom stereocenters. The summed E-state index contributed by atoms with van der Waals surface area (Å²) in [5.41, 5.74) is 6.62. The molecule has 0 saturated heterocycles. The van der Waals surface area contributed by atoms with Crippen LogP contribution in [0, 0.1) is 0 Å². The second-order valence-electron chi connectivity index (χ2n) is 3.58. The molecule has 0 atom stereocenters. The quantitative estimate of drug-likeness (QED) is 0.723. The molecule has 0 aliphatic rings. The lowest BCUT2D eigenvalue weighted by molar-refractivity contribution is 1.23.